The minimum absolute atomic E-state index is 0.0898. The first-order chi connectivity index (χ1) is 9.17. The Morgan fingerprint density at radius 3 is 2.47 bits per heavy atom. The van der Waals surface area contributed by atoms with Gasteiger partial charge < -0.3 is 19.7 Å². The van der Waals surface area contributed by atoms with Gasteiger partial charge >= 0.3 is 0 Å². The Labute approximate surface area is 114 Å². The van der Waals surface area contributed by atoms with Crippen molar-refractivity contribution in [2.45, 2.75) is 6.92 Å². The molecule has 0 unspecified atom stereocenters. The molecule has 19 heavy (non-hydrogen) atoms. The average Bonchev–Trinajstić information content (AvgIpc) is 2.46. The van der Waals surface area contributed by atoms with Gasteiger partial charge in [0.05, 0.1) is 13.7 Å². The Hall–Kier alpha value is -1.75. The van der Waals surface area contributed by atoms with Gasteiger partial charge in [0.1, 0.15) is 18.1 Å². The zero-order chi connectivity index (χ0) is 14.1. The number of nitrogens with zero attached hydrogens (tertiary/aromatic N) is 1. The highest BCUT2D eigenvalue weighted by Crippen LogP contribution is 2.16. The van der Waals surface area contributed by atoms with Crippen LogP contribution < -0.4 is 14.8 Å². The van der Waals surface area contributed by atoms with E-state index in [0.717, 1.165) is 18.0 Å². The Balaban J connectivity index is 2.15. The predicted octanol–water partition coefficient (Wildman–Crippen LogP) is 1.14. The molecule has 1 aromatic rings. The standard InChI is InChI=1S/C14H22N2O3/c1-4-16(2)14(17)11-15-9-10-19-13-7-5-12(18-3)6-8-13/h5-8,15H,4,9-11H2,1-3H3. The van der Waals surface area contributed by atoms with Crippen molar-refractivity contribution >= 4 is 5.91 Å². The molecule has 0 saturated carbocycles. The van der Waals surface area contributed by atoms with Gasteiger partial charge in [-0.15, -0.1) is 0 Å². The minimum atomic E-state index is 0.0898. The van der Waals surface area contributed by atoms with Gasteiger partial charge in [-0.1, -0.05) is 0 Å². The molecule has 0 radical (unpaired) electrons. The van der Waals surface area contributed by atoms with Gasteiger partial charge in [-0.2, -0.15) is 0 Å². The van der Waals surface area contributed by atoms with Gasteiger partial charge in [-0.05, 0) is 31.2 Å². The van der Waals surface area contributed by atoms with E-state index in [9.17, 15) is 4.79 Å². The van der Waals surface area contributed by atoms with Crippen molar-refractivity contribution < 1.29 is 14.3 Å². The fourth-order valence-electron chi connectivity index (χ4n) is 1.42. The number of likely N-dealkylation sites (N-methyl/N-ethyl adjacent to an activating group) is 1. The van der Waals surface area contributed by atoms with Gasteiger partial charge in [0.2, 0.25) is 5.91 Å². The predicted molar refractivity (Wildman–Crippen MR) is 74.7 cm³/mol. The third-order valence-corrected chi connectivity index (χ3v) is 2.78. The smallest absolute Gasteiger partial charge is 0.236 e. The summed E-state index contributed by atoms with van der Waals surface area (Å²) < 4.78 is 10.6. The van der Waals surface area contributed by atoms with Crippen molar-refractivity contribution in [1.82, 2.24) is 10.2 Å². The highest BCUT2D eigenvalue weighted by molar-refractivity contribution is 5.77. The van der Waals surface area contributed by atoms with E-state index in [-0.39, 0.29) is 5.91 Å². The van der Waals surface area contributed by atoms with Crippen LogP contribution in [0.2, 0.25) is 0 Å². The van der Waals surface area contributed by atoms with Gasteiger partial charge in [0.15, 0.2) is 0 Å². The first-order valence-electron chi connectivity index (χ1n) is 6.39. The summed E-state index contributed by atoms with van der Waals surface area (Å²) >= 11 is 0. The lowest BCUT2D eigenvalue weighted by molar-refractivity contribution is -0.128. The summed E-state index contributed by atoms with van der Waals surface area (Å²) in [6.07, 6.45) is 0. The van der Waals surface area contributed by atoms with Gasteiger partial charge in [-0.3, -0.25) is 4.79 Å². The normalized spacial score (nSPS) is 10.1. The fourth-order valence-corrected chi connectivity index (χ4v) is 1.42. The van der Waals surface area contributed by atoms with Crippen LogP contribution >= 0.6 is 0 Å². The molecule has 0 saturated heterocycles. The Kier molecular flexibility index (Phi) is 6.74. The number of ether oxygens (including phenoxy) is 2. The minimum Gasteiger partial charge on any atom is -0.497 e. The number of carbonyl (C=O) groups excluding carboxylic acids is 1. The number of amides is 1. The number of hydrogen-bond donors (Lipinski definition) is 1. The average molecular weight is 266 g/mol. The van der Waals surface area contributed by atoms with E-state index in [1.807, 2.05) is 31.2 Å². The van der Waals surface area contributed by atoms with Crippen LogP contribution in [-0.4, -0.2) is 51.2 Å². The molecule has 0 spiro atoms. The first kappa shape index (κ1) is 15.3. The highest BCUT2D eigenvalue weighted by atomic mass is 16.5. The summed E-state index contributed by atoms with van der Waals surface area (Å²) in [4.78, 5) is 13.2. The van der Waals surface area contributed by atoms with Crippen LogP contribution in [-0.2, 0) is 4.79 Å². The number of methoxy groups -OCH3 is 1. The number of carbonyl (C=O) groups is 1. The van der Waals surface area contributed by atoms with Gasteiger partial charge in [0, 0.05) is 20.1 Å². The maximum Gasteiger partial charge on any atom is 0.236 e. The molecule has 5 nitrogen and oxygen atoms in total. The van der Waals surface area contributed by atoms with E-state index in [1.54, 1.807) is 19.1 Å². The van der Waals surface area contributed by atoms with Crippen molar-refractivity contribution in [2.24, 2.45) is 0 Å². The molecule has 0 aliphatic carbocycles. The van der Waals surface area contributed by atoms with E-state index in [2.05, 4.69) is 5.32 Å². The molecular weight excluding hydrogens is 244 g/mol. The van der Waals surface area contributed by atoms with E-state index in [0.29, 0.717) is 19.7 Å². The molecule has 5 heteroatoms. The largest absolute Gasteiger partial charge is 0.497 e. The van der Waals surface area contributed by atoms with Crippen molar-refractivity contribution in [3.8, 4) is 11.5 Å². The van der Waals surface area contributed by atoms with E-state index in [4.69, 9.17) is 9.47 Å². The number of rotatable bonds is 8. The molecular formula is C14H22N2O3. The van der Waals surface area contributed by atoms with Crippen LogP contribution in [0, 0.1) is 0 Å². The SMILES string of the molecule is CCN(C)C(=O)CNCCOc1ccc(OC)cc1. The maximum atomic E-state index is 11.5. The Morgan fingerprint density at radius 1 is 1.26 bits per heavy atom. The molecule has 1 amide bonds. The van der Waals surface area contributed by atoms with Crippen LogP contribution in [0.15, 0.2) is 24.3 Å². The van der Waals surface area contributed by atoms with E-state index >= 15 is 0 Å². The summed E-state index contributed by atoms with van der Waals surface area (Å²) in [5, 5.41) is 3.05. The second-order valence-electron chi connectivity index (χ2n) is 4.11. The fraction of sp³-hybridized carbons (Fsp3) is 0.500. The quantitative estimate of drug-likeness (QED) is 0.717. The lowest BCUT2D eigenvalue weighted by atomic mass is 10.3. The van der Waals surface area contributed by atoms with E-state index in [1.165, 1.54) is 0 Å². The summed E-state index contributed by atoms with van der Waals surface area (Å²) in [6, 6.07) is 7.41. The second-order valence-corrected chi connectivity index (χ2v) is 4.11. The molecule has 0 atom stereocenters. The molecule has 1 rings (SSSR count). The Bertz CT molecular complexity index is 379. The molecule has 106 valence electrons. The number of nitrogens with one attached hydrogen (secondary N) is 1. The summed E-state index contributed by atoms with van der Waals surface area (Å²) in [6.45, 7) is 4.18. The zero-order valence-corrected chi connectivity index (χ0v) is 11.8. The monoisotopic (exact) mass is 266 g/mol. The van der Waals surface area contributed by atoms with Crippen molar-refractivity contribution in [3.63, 3.8) is 0 Å². The van der Waals surface area contributed by atoms with Crippen LogP contribution in [0.1, 0.15) is 6.92 Å². The lowest BCUT2D eigenvalue weighted by Crippen LogP contribution is -2.36. The van der Waals surface area contributed by atoms with E-state index < -0.39 is 0 Å². The molecule has 0 bridgehead atoms. The lowest BCUT2D eigenvalue weighted by Gasteiger charge is -2.14. The van der Waals surface area contributed by atoms with Gasteiger partial charge in [-0.25, -0.2) is 0 Å². The summed E-state index contributed by atoms with van der Waals surface area (Å²) in [5.74, 6) is 1.69. The third kappa shape index (κ3) is 5.61. The molecule has 0 aromatic heterocycles. The molecule has 0 aliphatic rings. The van der Waals surface area contributed by atoms with Crippen molar-refractivity contribution in [2.75, 3.05) is 40.4 Å². The van der Waals surface area contributed by atoms with Crippen LogP contribution in [0.25, 0.3) is 0 Å². The van der Waals surface area contributed by atoms with Crippen LogP contribution in [0.5, 0.6) is 11.5 Å². The van der Waals surface area contributed by atoms with Crippen LogP contribution in [0.4, 0.5) is 0 Å². The molecule has 0 aliphatic heterocycles. The highest BCUT2D eigenvalue weighted by Gasteiger charge is 2.04. The van der Waals surface area contributed by atoms with Gasteiger partial charge in [0.25, 0.3) is 0 Å². The van der Waals surface area contributed by atoms with Crippen molar-refractivity contribution in [3.05, 3.63) is 24.3 Å². The van der Waals surface area contributed by atoms with Crippen LogP contribution in [0.3, 0.4) is 0 Å². The summed E-state index contributed by atoms with van der Waals surface area (Å²) in [7, 11) is 3.42. The first-order valence-corrected chi connectivity index (χ1v) is 6.39. The number of hydrogen-bond acceptors (Lipinski definition) is 4. The number of benzene rings is 1. The summed E-state index contributed by atoms with van der Waals surface area (Å²) in [5.41, 5.74) is 0. The molecule has 1 aromatic carbocycles. The molecule has 0 fully saturated rings. The maximum absolute atomic E-state index is 11.5. The zero-order valence-electron chi connectivity index (χ0n) is 11.8. The molecule has 0 heterocycles. The second kappa shape index (κ2) is 8.37. The third-order valence-electron chi connectivity index (χ3n) is 2.78. The molecule has 1 N–H and O–H groups in total. The van der Waals surface area contributed by atoms with Crippen molar-refractivity contribution in [1.29, 1.82) is 0 Å². The topological polar surface area (TPSA) is 50.8 Å². The Morgan fingerprint density at radius 2 is 1.89 bits per heavy atom.